The number of aromatic nitrogens is 1. The van der Waals surface area contributed by atoms with Crippen LogP contribution >= 0.6 is 0 Å². The SMILES string of the molecule is CCC1=C[C@H]2CN(C1)Cc1c([nH]c3ccc(C#CCC(C)C)cc13)[C@@](C(=O)OC)(c1cc3c(cc1OC)N(C)[C@H]1[C@@](O)(C(=O)OC)[C@H](OC(C)=O)[C@]4(CC)C=CCN5CC[C@]31[C@@H]54)C2. The highest BCUT2D eigenvalue weighted by Crippen LogP contribution is 2.68. The maximum atomic E-state index is 15.4. The zero-order chi connectivity index (χ0) is 44.8. The van der Waals surface area contributed by atoms with E-state index in [9.17, 15) is 14.7 Å². The number of hydrogen-bond donors (Lipinski definition) is 2. The van der Waals surface area contributed by atoms with Crippen molar-refractivity contribution in [3.8, 4) is 17.6 Å². The number of fused-ring (bicyclic) bond motifs is 6. The lowest BCUT2D eigenvalue weighted by Gasteiger charge is -2.63. The lowest BCUT2D eigenvalue weighted by Crippen LogP contribution is -2.81. The number of esters is 3. The molecule has 334 valence electrons. The van der Waals surface area contributed by atoms with Gasteiger partial charge < -0.3 is 33.9 Å². The summed E-state index contributed by atoms with van der Waals surface area (Å²) in [6.07, 6.45) is 8.39. The Morgan fingerprint density at radius 3 is 2.48 bits per heavy atom. The van der Waals surface area contributed by atoms with E-state index in [4.69, 9.17) is 18.9 Å². The first-order chi connectivity index (χ1) is 30.2. The minimum Gasteiger partial charge on any atom is -0.496 e. The van der Waals surface area contributed by atoms with E-state index in [2.05, 4.69) is 83.8 Å². The van der Waals surface area contributed by atoms with E-state index in [-0.39, 0.29) is 12.0 Å². The molecule has 12 nitrogen and oxygen atoms in total. The molecule has 2 N–H and O–H groups in total. The molecule has 5 aliphatic heterocycles. The van der Waals surface area contributed by atoms with E-state index in [0.29, 0.717) is 56.1 Å². The number of ether oxygens (including phenoxy) is 4. The number of H-pyrrole nitrogens is 1. The van der Waals surface area contributed by atoms with Gasteiger partial charge in [0.05, 0.1) is 27.4 Å². The van der Waals surface area contributed by atoms with Crippen LogP contribution in [0.3, 0.4) is 0 Å². The molecule has 2 fully saturated rings. The molecule has 1 aromatic heterocycles. The van der Waals surface area contributed by atoms with Gasteiger partial charge in [-0.1, -0.05) is 63.3 Å². The third kappa shape index (κ3) is 6.01. The third-order valence-electron chi connectivity index (χ3n) is 15.6. The minimum absolute atomic E-state index is 0.00171. The standard InChI is InChI=1S/C51H62N4O8/c1-10-32-22-34-26-50(46(57)61-8,42-36(29-54(27-32)28-34)35-23-33(15-12-14-30(3)4)16-17-39(35)52-42)38-24-37-40(25-41(38)60-7)53(6)44-49(37)19-21-55-20-13-18-48(11-2,43(49)55)45(63-31(5)56)51(44,59)47(58)62-9/h13,16-18,22-25,30,34,43-45,52,59H,10-11,14,19-21,26-29H2,1-9H3/t34-,43+,44-,45-,48-,49-,50+,51+/m1/s1. The van der Waals surface area contributed by atoms with Crippen LogP contribution in [0.4, 0.5) is 5.69 Å². The zero-order valence-corrected chi connectivity index (χ0v) is 38.2. The van der Waals surface area contributed by atoms with Crippen molar-refractivity contribution in [2.75, 3.05) is 59.5 Å². The van der Waals surface area contributed by atoms with Gasteiger partial charge in [-0.15, -0.1) is 0 Å². The van der Waals surface area contributed by atoms with Crippen molar-refractivity contribution in [1.29, 1.82) is 0 Å². The first kappa shape index (κ1) is 43.2. The summed E-state index contributed by atoms with van der Waals surface area (Å²) in [6, 6.07) is 9.17. The van der Waals surface area contributed by atoms with Crippen LogP contribution in [0, 0.1) is 29.1 Å². The van der Waals surface area contributed by atoms with Crippen LogP contribution in [0.15, 0.2) is 54.1 Å². The molecule has 63 heavy (non-hydrogen) atoms. The highest BCUT2D eigenvalue weighted by Gasteiger charge is 2.80. The van der Waals surface area contributed by atoms with Crippen LogP contribution in [-0.4, -0.2) is 116 Å². The van der Waals surface area contributed by atoms with Crippen LogP contribution < -0.4 is 9.64 Å². The monoisotopic (exact) mass is 858 g/mol. The Morgan fingerprint density at radius 1 is 1.02 bits per heavy atom. The zero-order valence-electron chi connectivity index (χ0n) is 38.2. The molecule has 9 atom stereocenters. The lowest BCUT2D eigenvalue weighted by atomic mass is 9.47. The topological polar surface area (TPSA) is 134 Å². The Bertz CT molecular complexity index is 2510. The van der Waals surface area contributed by atoms with Crippen LogP contribution in [-0.2, 0) is 46.0 Å². The second-order valence-electron chi connectivity index (χ2n) is 19.3. The largest absolute Gasteiger partial charge is 0.496 e. The van der Waals surface area contributed by atoms with Crippen molar-refractivity contribution in [2.45, 2.75) is 108 Å². The average molecular weight is 859 g/mol. The predicted octanol–water partition coefficient (Wildman–Crippen LogP) is 6.15. The molecule has 1 saturated heterocycles. The molecule has 0 amide bonds. The Labute approximate surface area is 370 Å². The van der Waals surface area contributed by atoms with Gasteiger partial charge in [0, 0.05) is 103 Å². The Hall–Kier alpha value is -5.09. The van der Waals surface area contributed by atoms with E-state index in [1.54, 1.807) is 7.11 Å². The van der Waals surface area contributed by atoms with Crippen LogP contribution in [0.5, 0.6) is 5.75 Å². The summed E-state index contributed by atoms with van der Waals surface area (Å²) in [5, 5.41) is 14.4. The second kappa shape index (κ2) is 15.6. The molecular weight excluding hydrogens is 797 g/mol. The molecule has 2 aromatic carbocycles. The number of nitrogens with zero attached hydrogens (tertiary/aromatic N) is 3. The Balaban J connectivity index is 1.35. The Kier molecular flexibility index (Phi) is 10.7. The average Bonchev–Trinajstić information content (AvgIpc) is 3.92. The number of anilines is 1. The summed E-state index contributed by atoms with van der Waals surface area (Å²) in [4.78, 5) is 53.6. The van der Waals surface area contributed by atoms with Gasteiger partial charge in [0.15, 0.2) is 6.10 Å². The van der Waals surface area contributed by atoms with Crippen LogP contribution in [0.2, 0.25) is 0 Å². The number of benzene rings is 2. The van der Waals surface area contributed by atoms with Crippen molar-refractivity contribution in [2.24, 2.45) is 17.3 Å². The van der Waals surface area contributed by atoms with E-state index >= 15 is 4.79 Å². The number of aliphatic hydroxyl groups is 1. The molecular formula is C51H62N4O8. The molecule has 1 saturated carbocycles. The summed E-state index contributed by atoms with van der Waals surface area (Å²) >= 11 is 0. The number of aromatic amines is 1. The molecule has 3 aromatic rings. The molecule has 6 aliphatic rings. The fourth-order valence-corrected chi connectivity index (χ4v) is 13.3. The summed E-state index contributed by atoms with van der Waals surface area (Å²) < 4.78 is 24.1. The van der Waals surface area contributed by atoms with Crippen molar-refractivity contribution in [3.05, 3.63) is 82.1 Å². The van der Waals surface area contributed by atoms with Gasteiger partial charge in [-0.05, 0) is 79.5 Å². The van der Waals surface area contributed by atoms with E-state index in [0.717, 1.165) is 64.9 Å². The van der Waals surface area contributed by atoms with Gasteiger partial charge in [-0.2, -0.15) is 0 Å². The van der Waals surface area contributed by atoms with Gasteiger partial charge >= 0.3 is 17.9 Å². The molecule has 1 unspecified atom stereocenters. The first-order valence-corrected chi connectivity index (χ1v) is 22.7. The van der Waals surface area contributed by atoms with Gasteiger partial charge in [0.25, 0.3) is 0 Å². The highest BCUT2D eigenvalue weighted by molar-refractivity contribution is 5.95. The number of methoxy groups -OCH3 is 3. The molecule has 12 heteroatoms. The predicted molar refractivity (Wildman–Crippen MR) is 240 cm³/mol. The second-order valence-corrected chi connectivity index (χ2v) is 19.3. The van der Waals surface area contributed by atoms with Gasteiger partial charge in [0.1, 0.15) is 11.2 Å². The highest BCUT2D eigenvalue weighted by atomic mass is 16.6. The van der Waals surface area contributed by atoms with Gasteiger partial charge in [-0.3, -0.25) is 19.4 Å². The van der Waals surface area contributed by atoms with Crippen molar-refractivity contribution in [1.82, 2.24) is 14.8 Å². The molecule has 9 rings (SSSR count). The van der Waals surface area contributed by atoms with Crippen molar-refractivity contribution >= 4 is 34.5 Å². The fourth-order valence-electron chi connectivity index (χ4n) is 13.3. The van der Waals surface area contributed by atoms with Crippen molar-refractivity contribution in [3.63, 3.8) is 0 Å². The fraction of sp³-hybridized carbons (Fsp3) is 0.549. The maximum Gasteiger partial charge on any atom is 0.344 e. The molecule has 1 aliphatic carbocycles. The van der Waals surface area contributed by atoms with Crippen molar-refractivity contribution < 1.29 is 38.4 Å². The maximum absolute atomic E-state index is 15.4. The molecule has 1 spiro atoms. The Morgan fingerprint density at radius 2 is 1.79 bits per heavy atom. The van der Waals surface area contributed by atoms with Gasteiger partial charge in [0.2, 0.25) is 5.60 Å². The quantitative estimate of drug-likeness (QED) is 0.117. The summed E-state index contributed by atoms with van der Waals surface area (Å²) in [5.74, 6) is 5.83. The summed E-state index contributed by atoms with van der Waals surface area (Å²) in [6.45, 7) is 13.4. The van der Waals surface area contributed by atoms with E-state index < -0.39 is 51.9 Å². The number of likely N-dealkylation sites (N-methyl/N-ethyl adjacent to an activating group) is 1. The van der Waals surface area contributed by atoms with Gasteiger partial charge in [-0.25, -0.2) is 4.79 Å². The molecule has 0 radical (unpaired) electrons. The third-order valence-corrected chi connectivity index (χ3v) is 15.6. The minimum atomic E-state index is -2.29. The first-order valence-electron chi connectivity index (χ1n) is 22.7. The van der Waals surface area contributed by atoms with E-state index in [1.165, 1.54) is 26.7 Å². The molecule has 6 heterocycles. The number of hydrogen-bond acceptors (Lipinski definition) is 11. The number of nitrogens with one attached hydrogen (secondary N) is 1. The lowest BCUT2D eigenvalue weighted by molar-refractivity contribution is -0.228. The summed E-state index contributed by atoms with van der Waals surface area (Å²) in [7, 11) is 6.23. The van der Waals surface area contributed by atoms with Crippen LogP contribution in [0.25, 0.3) is 10.9 Å². The number of carbonyl (C=O) groups excluding carboxylic acids is 3. The normalized spacial score (nSPS) is 32.6. The number of carbonyl (C=O) groups is 3. The number of rotatable bonds is 8. The smallest absolute Gasteiger partial charge is 0.344 e. The van der Waals surface area contributed by atoms with E-state index in [1.807, 2.05) is 31.0 Å². The summed E-state index contributed by atoms with van der Waals surface area (Å²) in [5.41, 5.74) is 1.70. The van der Waals surface area contributed by atoms with Crippen LogP contribution in [0.1, 0.15) is 94.7 Å². The molecule has 2 bridgehead atoms.